The fourth-order valence-electron chi connectivity index (χ4n) is 2.10. The Morgan fingerprint density at radius 3 is 2.75 bits per heavy atom. The summed E-state index contributed by atoms with van der Waals surface area (Å²) < 4.78 is 16.0. The summed E-state index contributed by atoms with van der Waals surface area (Å²) >= 11 is 5.30. The minimum atomic E-state index is -0.240. The number of hydrogen-bond acceptors (Lipinski definition) is 3. The Hall–Kier alpha value is -2.08. The van der Waals surface area contributed by atoms with Crippen LogP contribution in [0.3, 0.4) is 0 Å². The monoisotopic (exact) mass is 288 g/mol. The SMILES string of the molecule is Cc1cnc(Cn2c(=S)[nH]c3cc(F)c(C)cc32)cn1. The number of imidazole rings is 1. The number of hydrogen-bond donors (Lipinski definition) is 1. The maximum Gasteiger partial charge on any atom is 0.178 e. The Balaban J connectivity index is 2.11. The first-order valence-corrected chi connectivity index (χ1v) is 6.61. The third-order valence-corrected chi connectivity index (χ3v) is 3.53. The lowest BCUT2D eigenvalue weighted by Gasteiger charge is -2.05. The number of nitrogens with zero attached hydrogens (tertiary/aromatic N) is 3. The van der Waals surface area contributed by atoms with E-state index in [-0.39, 0.29) is 5.82 Å². The second-order valence-corrected chi connectivity index (χ2v) is 5.17. The summed E-state index contributed by atoms with van der Waals surface area (Å²) in [5.74, 6) is -0.240. The van der Waals surface area contributed by atoms with Crippen LogP contribution in [0.5, 0.6) is 0 Å². The number of aromatic amines is 1. The fourth-order valence-corrected chi connectivity index (χ4v) is 2.37. The molecule has 3 rings (SSSR count). The third kappa shape index (κ3) is 2.22. The molecule has 102 valence electrons. The normalized spacial score (nSPS) is 11.2. The molecule has 3 aromatic rings. The van der Waals surface area contributed by atoms with Crippen LogP contribution < -0.4 is 0 Å². The molecule has 0 saturated heterocycles. The van der Waals surface area contributed by atoms with Gasteiger partial charge in [-0.05, 0) is 43.8 Å². The first kappa shape index (κ1) is 12.9. The highest BCUT2D eigenvalue weighted by Gasteiger charge is 2.09. The van der Waals surface area contributed by atoms with Gasteiger partial charge < -0.3 is 9.55 Å². The van der Waals surface area contributed by atoms with E-state index < -0.39 is 0 Å². The van der Waals surface area contributed by atoms with Crippen molar-refractivity contribution in [2.24, 2.45) is 0 Å². The molecule has 0 spiro atoms. The molecule has 6 heteroatoms. The highest BCUT2D eigenvalue weighted by Crippen LogP contribution is 2.19. The lowest BCUT2D eigenvalue weighted by Crippen LogP contribution is -2.03. The molecule has 20 heavy (non-hydrogen) atoms. The molecular formula is C14H13FN4S. The quantitative estimate of drug-likeness (QED) is 0.736. The van der Waals surface area contributed by atoms with Crippen molar-refractivity contribution in [2.75, 3.05) is 0 Å². The van der Waals surface area contributed by atoms with Crippen molar-refractivity contribution in [3.63, 3.8) is 0 Å². The van der Waals surface area contributed by atoms with Crippen molar-refractivity contribution >= 4 is 23.3 Å². The fraction of sp³-hybridized carbons (Fsp3) is 0.214. The summed E-state index contributed by atoms with van der Waals surface area (Å²) in [6.07, 6.45) is 3.45. The van der Waals surface area contributed by atoms with Gasteiger partial charge in [0.2, 0.25) is 0 Å². The number of halogens is 1. The van der Waals surface area contributed by atoms with Crippen LogP contribution >= 0.6 is 12.2 Å². The van der Waals surface area contributed by atoms with Crippen molar-refractivity contribution in [1.82, 2.24) is 19.5 Å². The van der Waals surface area contributed by atoms with E-state index in [1.54, 1.807) is 25.4 Å². The van der Waals surface area contributed by atoms with Gasteiger partial charge >= 0.3 is 0 Å². The minimum absolute atomic E-state index is 0.240. The molecule has 1 aromatic carbocycles. The minimum Gasteiger partial charge on any atom is -0.330 e. The highest BCUT2D eigenvalue weighted by atomic mass is 32.1. The molecule has 0 atom stereocenters. The molecule has 0 aliphatic rings. The topological polar surface area (TPSA) is 46.5 Å². The number of rotatable bonds is 2. The van der Waals surface area contributed by atoms with Crippen molar-refractivity contribution in [1.29, 1.82) is 0 Å². The standard InChI is InChI=1S/C14H13FN4S/c1-8-3-13-12(4-11(8)15)18-14(20)19(13)7-10-6-16-9(2)5-17-10/h3-6H,7H2,1-2H3,(H,18,20). The summed E-state index contributed by atoms with van der Waals surface area (Å²) in [6, 6.07) is 3.26. The second-order valence-electron chi connectivity index (χ2n) is 4.78. The van der Waals surface area contributed by atoms with Crippen molar-refractivity contribution < 1.29 is 4.39 Å². The van der Waals surface area contributed by atoms with E-state index in [0.717, 1.165) is 16.9 Å². The van der Waals surface area contributed by atoms with Gasteiger partial charge in [-0.3, -0.25) is 9.97 Å². The van der Waals surface area contributed by atoms with Gasteiger partial charge in [-0.25, -0.2) is 4.39 Å². The summed E-state index contributed by atoms with van der Waals surface area (Å²) in [4.78, 5) is 11.6. The first-order valence-electron chi connectivity index (χ1n) is 6.21. The van der Waals surface area contributed by atoms with Gasteiger partial charge in [0.05, 0.1) is 35.2 Å². The van der Waals surface area contributed by atoms with E-state index in [4.69, 9.17) is 12.2 Å². The van der Waals surface area contributed by atoms with Gasteiger partial charge in [0.1, 0.15) is 5.82 Å². The predicted octanol–water partition coefficient (Wildman–Crippen LogP) is 3.29. The number of nitrogens with one attached hydrogen (secondary N) is 1. The summed E-state index contributed by atoms with van der Waals surface area (Å²) in [7, 11) is 0. The molecule has 0 fully saturated rings. The molecule has 0 aliphatic heterocycles. The van der Waals surface area contributed by atoms with Gasteiger partial charge in [-0.1, -0.05) is 0 Å². The van der Waals surface area contributed by atoms with Gasteiger partial charge in [0.15, 0.2) is 4.77 Å². The maximum atomic E-state index is 13.6. The third-order valence-electron chi connectivity index (χ3n) is 3.21. The lowest BCUT2D eigenvalue weighted by molar-refractivity contribution is 0.620. The zero-order chi connectivity index (χ0) is 14.3. The molecular weight excluding hydrogens is 275 g/mol. The molecule has 1 N–H and O–H groups in total. The van der Waals surface area contributed by atoms with Crippen LogP contribution in [0, 0.1) is 24.4 Å². The van der Waals surface area contributed by atoms with E-state index in [0.29, 0.717) is 22.4 Å². The van der Waals surface area contributed by atoms with Gasteiger partial charge in [-0.2, -0.15) is 0 Å². The van der Waals surface area contributed by atoms with Crippen LogP contribution in [-0.4, -0.2) is 19.5 Å². The second kappa shape index (κ2) is 4.79. The van der Waals surface area contributed by atoms with Crippen LogP contribution in [0.4, 0.5) is 4.39 Å². The number of aromatic nitrogens is 4. The van der Waals surface area contributed by atoms with Crippen LogP contribution in [-0.2, 0) is 6.54 Å². The zero-order valence-electron chi connectivity index (χ0n) is 11.1. The Labute approximate surface area is 120 Å². The van der Waals surface area contributed by atoms with Gasteiger partial charge in [-0.15, -0.1) is 0 Å². The molecule has 0 bridgehead atoms. The Morgan fingerprint density at radius 2 is 2.05 bits per heavy atom. The Kier molecular flexibility index (Phi) is 3.10. The molecule has 0 aliphatic carbocycles. The molecule has 2 aromatic heterocycles. The van der Waals surface area contributed by atoms with Gasteiger partial charge in [0, 0.05) is 6.20 Å². The number of aryl methyl sites for hydroxylation is 2. The Bertz CT molecular complexity index is 833. The molecule has 0 saturated carbocycles. The van der Waals surface area contributed by atoms with Crippen LogP contribution in [0.1, 0.15) is 17.0 Å². The maximum absolute atomic E-state index is 13.6. The van der Waals surface area contributed by atoms with Crippen molar-refractivity contribution in [3.05, 3.63) is 52.1 Å². The average molecular weight is 288 g/mol. The largest absolute Gasteiger partial charge is 0.330 e. The highest BCUT2D eigenvalue weighted by molar-refractivity contribution is 7.71. The number of H-pyrrole nitrogens is 1. The molecule has 0 radical (unpaired) electrons. The van der Waals surface area contributed by atoms with Crippen molar-refractivity contribution in [3.8, 4) is 0 Å². The summed E-state index contributed by atoms with van der Waals surface area (Å²) in [6.45, 7) is 4.14. The van der Waals surface area contributed by atoms with E-state index in [1.165, 1.54) is 6.07 Å². The molecule has 0 amide bonds. The first-order chi connectivity index (χ1) is 9.54. The average Bonchev–Trinajstić information content (AvgIpc) is 2.69. The smallest absolute Gasteiger partial charge is 0.178 e. The van der Waals surface area contributed by atoms with Crippen LogP contribution in [0.15, 0.2) is 24.5 Å². The van der Waals surface area contributed by atoms with E-state index in [2.05, 4.69) is 15.0 Å². The van der Waals surface area contributed by atoms with E-state index in [9.17, 15) is 4.39 Å². The summed E-state index contributed by atoms with van der Waals surface area (Å²) in [5, 5.41) is 0. The van der Waals surface area contributed by atoms with Crippen LogP contribution in [0.25, 0.3) is 11.0 Å². The predicted molar refractivity (Wildman–Crippen MR) is 77.7 cm³/mol. The lowest BCUT2D eigenvalue weighted by atomic mass is 10.2. The molecule has 0 unspecified atom stereocenters. The van der Waals surface area contributed by atoms with Crippen molar-refractivity contribution in [2.45, 2.75) is 20.4 Å². The zero-order valence-corrected chi connectivity index (χ0v) is 12.0. The molecule has 2 heterocycles. The Morgan fingerprint density at radius 1 is 1.25 bits per heavy atom. The van der Waals surface area contributed by atoms with Gasteiger partial charge in [0.25, 0.3) is 0 Å². The number of fused-ring (bicyclic) bond motifs is 1. The molecule has 4 nitrogen and oxygen atoms in total. The number of benzene rings is 1. The van der Waals surface area contributed by atoms with Crippen LogP contribution in [0.2, 0.25) is 0 Å². The van der Waals surface area contributed by atoms with E-state index in [1.807, 2.05) is 11.5 Å². The summed E-state index contributed by atoms with van der Waals surface area (Å²) in [5.41, 5.74) is 3.84. The van der Waals surface area contributed by atoms with E-state index >= 15 is 0 Å².